The molecule has 5 nitrogen and oxygen atoms in total. The van der Waals surface area contributed by atoms with E-state index in [1.807, 2.05) is 6.07 Å². The van der Waals surface area contributed by atoms with Gasteiger partial charge < -0.3 is 10.4 Å². The van der Waals surface area contributed by atoms with Gasteiger partial charge in [-0.05, 0) is 18.3 Å². The SMILES string of the molecule is N#CCNC(=O)CC1(CC(=O)O)CCCCC1. The maximum absolute atomic E-state index is 11.6. The van der Waals surface area contributed by atoms with Crippen LogP contribution >= 0.6 is 0 Å². The lowest BCUT2D eigenvalue weighted by atomic mass is 9.69. The van der Waals surface area contributed by atoms with Crippen LogP contribution in [0.4, 0.5) is 0 Å². The number of nitrogens with zero attached hydrogens (tertiary/aromatic N) is 1. The Morgan fingerprint density at radius 3 is 2.41 bits per heavy atom. The summed E-state index contributed by atoms with van der Waals surface area (Å²) in [6.45, 7) is -0.0119. The van der Waals surface area contributed by atoms with E-state index in [4.69, 9.17) is 10.4 Å². The monoisotopic (exact) mass is 238 g/mol. The van der Waals surface area contributed by atoms with Crippen LogP contribution in [0, 0.1) is 16.7 Å². The van der Waals surface area contributed by atoms with E-state index in [0.717, 1.165) is 32.1 Å². The first-order valence-corrected chi connectivity index (χ1v) is 5.93. The fourth-order valence-corrected chi connectivity index (χ4v) is 2.58. The van der Waals surface area contributed by atoms with Crippen LogP contribution in [0.2, 0.25) is 0 Å². The van der Waals surface area contributed by atoms with Gasteiger partial charge in [-0.3, -0.25) is 9.59 Å². The first-order chi connectivity index (χ1) is 8.08. The number of hydrogen-bond donors (Lipinski definition) is 2. The molecule has 5 heteroatoms. The molecule has 0 aromatic carbocycles. The predicted molar refractivity (Wildman–Crippen MR) is 61.0 cm³/mol. The average Bonchev–Trinajstić information content (AvgIpc) is 2.26. The molecule has 0 radical (unpaired) electrons. The Balaban J connectivity index is 2.60. The van der Waals surface area contributed by atoms with Crippen LogP contribution in [0.25, 0.3) is 0 Å². The fourth-order valence-electron chi connectivity index (χ4n) is 2.58. The quantitative estimate of drug-likeness (QED) is 0.709. The lowest BCUT2D eigenvalue weighted by Crippen LogP contribution is -2.35. The van der Waals surface area contributed by atoms with Gasteiger partial charge >= 0.3 is 5.97 Å². The van der Waals surface area contributed by atoms with Crippen molar-refractivity contribution in [3.05, 3.63) is 0 Å². The minimum atomic E-state index is -0.847. The van der Waals surface area contributed by atoms with Crippen molar-refractivity contribution in [2.24, 2.45) is 5.41 Å². The summed E-state index contributed by atoms with van der Waals surface area (Å²) < 4.78 is 0. The topological polar surface area (TPSA) is 90.2 Å². The van der Waals surface area contributed by atoms with Crippen LogP contribution in [0.15, 0.2) is 0 Å². The largest absolute Gasteiger partial charge is 0.481 e. The molecule has 0 spiro atoms. The van der Waals surface area contributed by atoms with Gasteiger partial charge in [0, 0.05) is 6.42 Å². The molecule has 0 heterocycles. The summed E-state index contributed by atoms with van der Waals surface area (Å²) in [5, 5.41) is 19.8. The molecule has 1 aliphatic rings. The number of aliphatic carboxylic acids is 1. The van der Waals surface area contributed by atoms with Gasteiger partial charge in [-0.25, -0.2) is 0 Å². The van der Waals surface area contributed by atoms with Crippen LogP contribution in [-0.2, 0) is 9.59 Å². The molecular formula is C12H18N2O3. The number of rotatable bonds is 5. The molecule has 0 aromatic rings. The third-order valence-corrected chi connectivity index (χ3v) is 3.34. The Hall–Kier alpha value is -1.57. The van der Waals surface area contributed by atoms with E-state index in [2.05, 4.69) is 5.32 Å². The van der Waals surface area contributed by atoms with E-state index < -0.39 is 11.4 Å². The standard InChI is InChI=1S/C12H18N2O3/c13-6-7-14-10(15)8-12(9-11(16)17)4-2-1-3-5-12/h1-5,7-9H2,(H,14,15)(H,16,17). The maximum Gasteiger partial charge on any atom is 0.303 e. The average molecular weight is 238 g/mol. The molecule has 1 amide bonds. The summed E-state index contributed by atoms with van der Waals surface area (Å²) in [6, 6.07) is 1.84. The maximum atomic E-state index is 11.6. The second-order valence-electron chi connectivity index (χ2n) is 4.74. The summed E-state index contributed by atoms with van der Waals surface area (Å²) in [7, 11) is 0. The molecule has 0 atom stereocenters. The van der Waals surface area contributed by atoms with E-state index >= 15 is 0 Å². The molecule has 0 bridgehead atoms. The number of amides is 1. The molecule has 1 saturated carbocycles. The Labute approximate surface area is 101 Å². The van der Waals surface area contributed by atoms with E-state index in [-0.39, 0.29) is 25.3 Å². The normalized spacial score (nSPS) is 18.1. The highest BCUT2D eigenvalue weighted by Crippen LogP contribution is 2.42. The minimum Gasteiger partial charge on any atom is -0.481 e. The highest BCUT2D eigenvalue weighted by molar-refractivity contribution is 5.78. The van der Waals surface area contributed by atoms with Crippen molar-refractivity contribution in [3.8, 4) is 6.07 Å². The molecule has 1 aliphatic carbocycles. The number of carbonyl (C=O) groups excluding carboxylic acids is 1. The van der Waals surface area contributed by atoms with Gasteiger partial charge in [0.1, 0.15) is 6.54 Å². The zero-order chi connectivity index (χ0) is 12.7. The van der Waals surface area contributed by atoms with Crippen molar-refractivity contribution in [1.29, 1.82) is 5.26 Å². The van der Waals surface area contributed by atoms with Crippen LogP contribution in [-0.4, -0.2) is 23.5 Å². The van der Waals surface area contributed by atoms with E-state index in [0.29, 0.717) is 0 Å². The number of nitriles is 1. The molecule has 17 heavy (non-hydrogen) atoms. The molecule has 0 aliphatic heterocycles. The van der Waals surface area contributed by atoms with Crippen LogP contribution in [0.3, 0.4) is 0 Å². The first-order valence-electron chi connectivity index (χ1n) is 5.93. The molecule has 2 N–H and O–H groups in total. The number of carboxylic acids is 1. The zero-order valence-electron chi connectivity index (χ0n) is 9.87. The third kappa shape index (κ3) is 4.43. The van der Waals surface area contributed by atoms with E-state index in [1.165, 1.54) is 0 Å². The smallest absolute Gasteiger partial charge is 0.303 e. The number of hydrogen-bond acceptors (Lipinski definition) is 3. The summed E-state index contributed by atoms with van der Waals surface area (Å²) in [4.78, 5) is 22.5. The first kappa shape index (κ1) is 13.5. The zero-order valence-corrected chi connectivity index (χ0v) is 9.87. The number of nitrogens with one attached hydrogen (secondary N) is 1. The summed E-state index contributed by atoms with van der Waals surface area (Å²) in [5.41, 5.74) is -0.399. The predicted octanol–water partition coefficient (Wildman–Crippen LogP) is 1.44. The van der Waals surface area contributed by atoms with Crippen molar-refractivity contribution in [1.82, 2.24) is 5.32 Å². The molecule has 0 saturated heterocycles. The summed E-state index contributed by atoms with van der Waals surface area (Å²) in [5.74, 6) is -1.06. The summed E-state index contributed by atoms with van der Waals surface area (Å²) in [6.07, 6.45) is 4.94. The van der Waals surface area contributed by atoms with Gasteiger partial charge in [0.15, 0.2) is 0 Å². The second kappa shape index (κ2) is 6.24. The molecule has 0 aromatic heterocycles. The Kier molecular flexibility index (Phi) is 4.95. The molecule has 1 rings (SSSR count). The third-order valence-electron chi connectivity index (χ3n) is 3.34. The summed E-state index contributed by atoms with van der Waals surface area (Å²) >= 11 is 0. The van der Waals surface area contributed by atoms with Crippen LogP contribution in [0.1, 0.15) is 44.9 Å². The fraction of sp³-hybridized carbons (Fsp3) is 0.750. The second-order valence-corrected chi connectivity index (χ2v) is 4.74. The highest BCUT2D eigenvalue weighted by Gasteiger charge is 2.36. The van der Waals surface area contributed by atoms with Gasteiger partial charge in [-0.15, -0.1) is 0 Å². The van der Waals surface area contributed by atoms with E-state index in [9.17, 15) is 9.59 Å². The van der Waals surface area contributed by atoms with Gasteiger partial charge in [-0.1, -0.05) is 19.3 Å². The number of carboxylic acid groups (broad SMARTS) is 1. The van der Waals surface area contributed by atoms with Crippen molar-refractivity contribution < 1.29 is 14.7 Å². The van der Waals surface area contributed by atoms with Crippen molar-refractivity contribution in [2.75, 3.05) is 6.54 Å². The van der Waals surface area contributed by atoms with Gasteiger partial charge in [0.2, 0.25) is 5.91 Å². The molecule has 94 valence electrons. The van der Waals surface area contributed by atoms with E-state index in [1.54, 1.807) is 0 Å². The minimum absolute atomic E-state index is 0.0119. The Bertz CT molecular complexity index is 327. The lowest BCUT2D eigenvalue weighted by molar-refractivity contribution is -0.141. The lowest BCUT2D eigenvalue weighted by Gasteiger charge is -2.35. The molecule has 1 fully saturated rings. The van der Waals surface area contributed by atoms with Gasteiger partial charge in [0.05, 0.1) is 12.5 Å². The van der Waals surface area contributed by atoms with Crippen molar-refractivity contribution in [2.45, 2.75) is 44.9 Å². The van der Waals surface area contributed by atoms with Gasteiger partial charge in [-0.2, -0.15) is 5.26 Å². The van der Waals surface area contributed by atoms with Crippen LogP contribution in [0.5, 0.6) is 0 Å². The Morgan fingerprint density at radius 1 is 1.24 bits per heavy atom. The van der Waals surface area contributed by atoms with Crippen molar-refractivity contribution in [3.63, 3.8) is 0 Å². The van der Waals surface area contributed by atoms with Gasteiger partial charge in [0.25, 0.3) is 0 Å². The van der Waals surface area contributed by atoms with Crippen molar-refractivity contribution >= 4 is 11.9 Å². The highest BCUT2D eigenvalue weighted by atomic mass is 16.4. The number of carbonyl (C=O) groups is 2. The van der Waals surface area contributed by atoms with Crippen LogP contribution < -0.4 is 5.32 Å². The molecular weight excluding hydrogens is 220 g/mol. The molecule has 0 unspecified atom stereocenters. The Morgan fingerprint density at radius 2 is 1.88 bits per heavy atom.